The Morgan fingerprint density at radius 2 is 2.27 bits per heavy atom. The Morgan fingerprint density at radius 1 is 1.55 bits per heavy atom. The molecule has 1 aromatic carbocycles. The van der Waals surface area contributed by atoms with Crippen molar-refractivity contribution in [2.75, 3.05) is 0 Å². The summed E-state index contributed by atoms with van der Waals surface area (Å²) in [6, 6.07) is 4.45. The molecule has 0 amide bonds. The molecule has 1 aromatic rings. The molecule has 0 N–H and O–H groups in total. The molecule has 4 heteroatoms. The lowest BCUT2D eigenvalue weighted by atomic mass is 10.2. The van der Waals surface area contributed by atoms with Gasteiger partial charge >= 0.3 is 0 Å². The number of hydrogen-bond donors (Lipinski definition) is 0. The lowest BCUT2D eigenvalue weighted by molar-refractivity contribution is 0.629. The average molecular weight is 171 g/mol. The summed E-state index contributed by atoms with van der Waals surface area (Å²) in [5.41, 5.74) is 1.00. The third-order valence-electron chi connectivity index (χ3n) is 1.24. The van der Waals surface area contributed by atoms with E-state index in [0.717, 1.165) is 5.56 Å². The molecule has 0 heterocycles. The van der Waals surface area contributed by atoms with Crippen LogP contribution in [0.1, 0.15) is 5.56 Å². The van der Waals surface area contributed by atoms with E-state index in [1.807, 2.05) is 6.92 Å². The zero-order valence-corrected chi connectivity index (χ0v) is 6.69. The highest BCUT2D eigenvalue weighted by Gasteiger charge is 1.98. The molecule has 1 rings (SSSR count). The van der Waals surface area contributed by atoms with Crippen LogP contribution in [0.25, 0.3) is 0 Å². The minimum Gasteiger partial charge on any atom is -0.205 e. The van der Waals surface area contributed by atoms with Gasteiger partial charge < -0.3 is 0 Å². The van der Waals surface area contributed by atoms with Crippen LogP contribution in [0, 0.1) is 12.7 Å². The van der Waals surface area contributed by atoms with Gasteiger partial charge in [0.15, 0.2) is 0 Å². The number of nitrogens with zero attached hydrogens (tertiary/aromatic N) is 1. The first-order chi connectivity index (χ1) is 5.24. The molecule has 11 heavy (non-hydrogen) atoms. The molecule has 58 valence electrons. The highest BCUT2D eigenvalue weighted by atomic mass is 32.1. The Balaban J connectivity index is 3.22. The molecule has 0 aliphatic carbocycles. The van der Waals surface area contributed by atoms with Crippen molar-refractivity contribution < 1.29 is 8.60 Å². The summed E-state index contributed by atoms with van der Waals surface area (Å²) in [7, 11) is 0. The lowest BCUT2D eigenvalue weighted by Crippen LogP contribution is -1.76. The van der Waals surface area contributed by atoms with Crippen LogP contribution in [-0.4, -0.2) is 4.21 Å². The van der Waals surface area contributed by atoms with Crippen LogP contribution in [0.4, 0.5) is 10.1 Å². The van der Waals surface area contributed by atoms with Gasteiger partial charge in [-0.15, -0.1) is 0 Å². The highest BCUT2D eigenvalue weighted by molar-refractivity contribution is 7.54. The maximum atomic E-state index is 12.7. The number of benzene rings is 1. The molecule has 0 saturated carbocycles. The van der Waals surface area contributed by atoms with Gasteiger partial charge in [-0.25, -0.2) is 4.39 Å². The highest BCUT2D eigenvalue weighted by Crippen LogP contribution is 2.17. The molecule has 0 aliphatic rings. The Hall–Kier alpha value is -1.03. The molecule has 0 atom stereocenters. The van der Waals surface area contributed by atoms with Gasteiger partial charge in [0.25, 0.3) is 0 Å². The molecule has 0 saturated heterocycles. The predicted octanol–water partition coefficient (Wildman–Crippen LogP) is 2.16. The van der Waals surface area contributed by atoms with Crippen molar-refractivity contribution in [3.8, 4) is 0 Å². The Kier molecular flexibility index (Phi) is 2.48. The maximum Gasteiger partial charge on any atom is 0.205 e. The molecule has 0 unspecified atom stereocenters. The summed E-state index contributed by atoms with van der Waals surface area (Å²) in [6.45, 7) is 1.81. The summed E-state index contributed by atoms with van der Waals surface area (Å²) in [6.07, 6.45) is 0. The number of hydrogen-bond acceptors (Lipinski definition) is 2. The first-order valence-electron chi connectivity index (χ1n) is 3.00. The van der Waals surface area contributed by atoms with Gasteiger partial charge in [-0.1, -0.05) is 6.07 Å². The van der Waals surface area contributed by atoms with Crippen LogP contribution in [0.15, 0.2) is 22.6 Å². The van der Waals surface area contributed by atoms with Gasteiger partial charge in [0.2, 0.25) is 11.5 Å². The summed E-state index contributed by atoms with van der Waals surface area (Å²) in [4.78, 5) is 0. The molecular formula is C7H6FNOS. The number of aryl methyl sites for hydroxylation is 1. The zero-order chi connectivity index (χ0) is 8.27. The van der Waals surface area contributed by atoms with Crippen LogP contribution in [0.5, 0.6) is 0 Å². The van der Waals surface area contributed by atoms with Gasteiger partial charge in [-0.3, -0.25) is 0 Å². The van der Waals surface area contributed by atoms with E-state index in [-0.39, 0.29) is 17.2 Å². The van der Waals surface area contributed by atoms with E-state index in [2.05, 4.69) is 4.36 Å². The topological polar surface area (TPSA) is 29.4 Å². The first kappa shape index (κ1) is 8.07. The van der Waals surface area contributed by atoms with Crippen molar-refractivity contribution in [1.82, 2.24) is 0 Å². The fourth-order valence-electron chi connectivity index (χ4n) is 0.733. The van der Waals surface area contributed by atoms with E-state index in [9.17, 15) is 8.60 Å². The molecule has 0 aliphatic heterocycles. The van der Waals surface area contributed by atoms with Crippen LogP contribution in [-0.2, 0) is 11.5 Å². The normalized spacial score (nSPS) is 9.27. The second-order valence-electron chi connectivity index (χ2n) is 2.12. The predicted molar refractivity (Wildman–Crippen MR) is 41.4 cm³/mol. The fourth-order valence-corrected chi connectivity index (χ4v) is 0.953. The molecule has 0 bridgehead atoms. The summed E-state index contributed by atoms with van der Waals surface area (Å²) in [5, 5.41) is 0. The zero-order valence-electron chi connectivity index (χ0n) is 5.87. The number of rotatable bonds is 1. The summed E-state index contributed by atoms with van der Waals surface area (Å²) < 4.78 is 26.0. The van der Waals surface area contributed by atoms with Crippen molar-refractivity contribution in [2.45, 2.75) is 6.92 Å². The maximum absolute atomic E-state index is 12.7. The van der Waals surface area contributed by atoms with E-state index >= 15 is 0 Å². The molecule has 0 radical (unpaired) electrons. The quantitative estimate of drug-likeness (QED) is 0.636. The largest absolute Gasteiger partial charge is 0.205 e. The van der Waals surface area contributed by atoms with E-state index in [1.165, 1.54) is 12.1 Å². The average Bonchev–Trinajstić information content (AvgIpc) is 1.98. The monoisotopic (exact) mass is 171 g/mol. The van der Waals surface area contributed by atoms with Crippen molar-refractivity contribution in [2.24, 2.45) is 4.36 Å². The van der Waals surface area contributed by atoms with Gasteiger partial charge in [-0.2, -0.15) is 8.57 Å². The molecule has 0 spiro atoms. The van der Waals surface area contributed by atoms with Crippen LogP contribution >= 0.6 is 0 Å². The fraction of sp³-hybridized carbons (Fsp3) is 0.143. The Morgan fingerprint density at radius 3 is 2.91 bits per heavy atom. The van der Waals surface area contributed by atoms with E-state index in [1.54, 1.807) is 6.07 Å². The number of halogens is 1. The standard InChI is InChI=1S/C7H6FNOS/c1-5-2-3-6(8)7(4-5)9-11-10/h2-4H,1H3. The second-order valence-corrected chi connectivity index (χ2v) is 2.45. The molecule has 0 fully saturated rings. The van der Waals surface area contributed by atoms with Crippen molar-refractivity contribution in [3.05, 3.63) is 29.6 Å². The third-order valence-corrected chi connectivity index (χ3v) is 1.51. The molecule has 2 nitrogen and oxygen atoms in total. The Labute approximate surface area is 67.3 Å². The van der Waals surface area contributed by atoms with E-state index in [0.29, 0.717) is 0 Å². The third kappa shape index (κ3) is 1.94. The van der Waals surface area contributed by atoms with Gasteiger partial charge in [0.1, 0.15) is 11.5 Å². The van der Waals surface area contributed by atoms with Crippen molar-refractivity contribution in [1.29, 1.82) is 0 Å². The summed E-state index contributed by atoms with van der Waals surface area (Å²) in [5.74, 6) is -0.459. The molecular weight excluding hydrogens is 165 g/mol. The minimum absolute atomic E-state index is 0.0126. The van der Waals surface area contributed by atoms with Crippen molar-refractivity contribution >= 4 is 17.2 Å². The SMILES string of the molecule is Cc1ccc(F)c(N=S=O)c1. The second kappa shape index (κ2) is 3.39. The van der Waals surface area contributed by atoms with E-state index < -0.39 is 5.82 Å². The van der Waals surface area contributed by atoms with E-state index in [4.69, 9.17) is 0 Å². The smallest absolute Gasteiger partial charge is 0.205 e. The van der Waals surface area contributed by atoms with Gasteiger partial charge in [0.05, 0.1) is 0 Å². The first-order valence-corrected chi connectivity index (χ1v) is 3.70. The summed E-state index contributed by atoms with van der Waals surface area (Å²) >= 11 is 0.0126. The van der Waals surface area contributed by atoms with Crippen LogP contribution in [0.2, 0.25) is 0 Å². The van der Waals surface area contributed by atoms with Crippen LogP contribution in [0.3, 0.4) is 0 Å². The van der Waals surface area contributed by atoms with Crippen molar-refractivity contribution in [3.63, 3.8) is 0 Å². The van der Waals surface area contributed by atoms with Gasteiger partial charge in [0, 0.05) is 0 Å². The molecule has 0 aromatic heterocycles. The lowest BCUT2D eigenvalue weighted by Gasteiger charge is -1.94. The Bertz CT molecular complexity index is 320. The minimum atomic E-state index is -0.459. The van der Waals surface area contributed by atoms with Crippen LogP contribution < -0.4 is 0 Å². The van der Waals surface area contributed by atoms with Gasteiger partial charge in [-0.05, 0) is 24.6 Å².